The van der Waals surface area contributed by atoms with E-state index < -0.39 is 0 Å². The van der Waals surface area contributed by atoms with E-state index in [1.807, 2.05) is 12.1 Å². The number of furan rings is 1. The molecule has 2 N–H and O–H groups in total. The van der Waals surface area contributed by atoms with Crippen LogP contribution in [0.3, 0.4) is 0 Å². The van der Waals surface area contributed by atoms with Crippen molar-refractivity contribution in [2.45, 2.75) is 52.0 Å². The molecule has 4 saturated carbocycles. The topological polar surface area (TPSA) is 66.6 Å². The van der Waals surface area contributed by atoms with Crippen LogP contribution in [0.1, 0.15) is 51.2 Å². The van der Waals surface area contributed by atoms with Crippen LogP contribution in [0.5, 0.6) is 0 Å². The number of urea groups is 1. The van der Waals surface area contributed by atoms with Crippen molar-refractivity contribution in [3.63, 3.8) is 0 Å². The van der Waals surface area contributed by atoms with Gasteiger partial charge in [-0.3, -0.25) is 0 Å². The summed E-state index contributed by atoms with van der Waals surface area (Å²) in [5.74, 6) is 3.40. The van der Waals surface area contributed by atoms with Crippen molar-refractivity contribution >= 4 is 11.7 Å². The van der Waals surface area contributed by atoms with E-state index in [-0.39, 0.29) is 11.4 Å². The molecule has 4 fully saturated rings. The quantitative estimate of drug-likeness (QED) is 0.657. The molecule has 1 aromatic rings. The summed E-state index contributed by atoms with van der Waals surface area (Å²) in [5.41, 5.74) is 4.03. The molecule has 0 saturated heterocycles. The minimum atomic E-state index is -0.273. The maximum absolute atomic E-state index is 11.9. The molecule has 1 aromatic heterocycles. The molecule has 0 atom stereocenters. The number of carbonyl (C=O) groups excluding carboxylic acids is 1. The van der Waals surface area contributed by atoms with Crippen LogP contribution in [0.4, 0.5) is 4.79 Å². The number of carbonyl (C=O) groups is 1. The molecule has 1 heterocycles. The predicted octanol–water partition coefficient (Wildman–Crippen LogP) is 3.67. The minimum Gasteiger partial charge on any atom is -0.467 e. The average Bonchev–Trinajstić information content (AvgIpc) is 3.02. The monoisotopic (exact) mass is 315 g/mol. The lowest BCUT2D eigenvalue weighted by atomic mass is 9.48. The molecule has 0 spiro atoms. The molecule has 0 radical (unpaired) electrons. The van der Waals surface area contributed by atoms with Gasteiger partial charge in [0.1, 0.15) is 5.76 Å². The van der Waals surface area contributed by atoms with Crippen molar-refractivity contribution in [2.24, 2.45) is 28.3 Å². The first-order chi connectivity index (χ1) is 11.1. The van der Waals surface area contributed by atoms with Gasteiger partial charge in [0.25, 0.3) is 0 Å². The fourth-order valence-corrected chi connectivity index (χ4v) is 5.43. The van der Waals surface area contributed by atoms with E-state index in [0.717, 1.165) is 29.2 Å². The van der Waals surface area contributed by atoms with E-state index in [0.29, 0.717) is 6.54 Å². The van der Waals surface area contributed by atoms with Crippen molar-refractivity contribution in [1.29, 1.82) is 0 Å². The van der Waals surface area contributed by atoms with E-state index >= 15 is 0 Å². The molecule has 124 valence electrons. The third kappa shape index (κ3) is 2.89. The number of hydrogen-bond donors (Lipinski definition) is 2. The second-order valence-corrected chi connectivity index (χ2v) is 7.77. The number of hydrogen-bond acceptors (Lipinski definition) is 3. The highest BCUT2D eigenvalue weighted by atomic mass is 16.3. The zero-order valence-corrected chi connectivity index (χ0v) is 13.7. The molecule has 4 aliphatic rings. The Kier molecular flexibility index (Phi) is 3.66. The normalized spacial score (nSPS) is 35.3. The van der Waals surface area contributed by atoms with Crippen LogP contribution < -0.4 is 10.7 Å². The van der Waals surface area contributed by atoms with Crippen LogP contribution in [0.2, 0.25) is 0 Å². The number of amides is 2. The molecule has 5 rings (SSSR count). The summed E-state index contributed by atoms with van der Waals surface area (Å²) in [6, 6.07) is 3.37. The SMILES string of the molecule is C/C(=N\NC(=O)NCc1ccco1)C12CC3CC(CC(C3)C1)C2. The van der Waals surface area contributed by atoms with Crippen molar-refractivity contribution in [3.05, 3.63) is 24.2 Å². The van der Waals surface area contributed by atoms with Crippen molar-refractivity contribution in [2.75, 3.05) is 0 Å². The van der Waals surface area contributed by atoms with E-state index in [2.05, 4.69) is 22.8 Å². The Morgan fingerprint density at radius 2 is 1.91 bits per heavy atom. The Morgan fingerprint density at radius 3 is 2.48 bits per heavy atom. The Morgan fingerprint density at radius 1 is 1.26 bits per heavy atom. The molecule has 4 bridgehead atoms. The number of nitrogens with one attached hydrogen (secondary N) is 2. The van der Waals surface area contributed by atoms with Crippen LogP contribution in [-0.4, -0.2) is 11.7 Å². The van der Waals surface area contributed by atoms with Crippen LogP contribution in [0.15, 0.2) is 27.9 Å². The van der Waals surface area contributed by atoms with Gasteiger partial charge in [0.2, 0.25) is 0 Å². The molecule has 5 heteroatoms. The largest absolute Gasteiger partial charge is 0.467 e. The lowest BCUT2D eigenvalue weighted by Gasteiger charge is -2.56. The molecule has 5 nitrogen and oxygen atoms in total. The van der Waals surface area contributed by atoms with E-state index in [4.69, 9.17) is 4.42 Å². The average molecular weight is 315 g/mol. The van der Waals surface area contributed by atoms with Crippen LogP contribution >= 0.6 is 0 Å². The van der Waals surface area contributed by atoms with Crippen LogP contribution in [0, 0.1) is 23.2 Å². The van der Waals surface area contributed by atoms with Gasteiger partial charge in [-0.1, -0.05) is 0 Å². The second kappa shape index (κ2) is 5.69. The van der Waals surface area contributed by atoms with Gasteiger partial charge in [0.15, 0.2) is 0 Å². The molecule has 23 heavy (non-hydrogen) atoms. The van der Waals surface area contributed by atoms with E-state index in [9.17, 15) is 4.79 Å². The predicted molar refractivity (Wildman–Crippen MR) is 87.8 cm³/mol. The Hall–Kier alpha value is -1.78. The summed E-state index contributed by atoms with van der Waals surface area (Å²) in [4.78, 5) is 11.9. The summed E-state index contributed by atoms with van der Waals surface area (Å²) < 4.78 is 5.20. The second-order valence-electron chi connectivity index (χ2n) is 7.77. The standard InChI is InChI=1S/C18H25N3O2/c1-12(20-21-17(22)19-11-16-3-2-4-23-16)18-8-13-5-14(9-18)7-15(6-13)10-18/h2-4,13-15H,5-11H2,1H3,(H2,19,21,22)/b20-12+. The molecule has 4 aliphatic carbocycles. The number of hydrazone groups is 1. The minimum absolute atomic E-state index is 0.253. The molecular formula is C18H25N3O2. The summed E-state index contributed by atoms with van der Waals surface area (Å²) >= 11 is 0. The van der Waals surface area contributed by atoms with Crippen molar-refractivity contribution in [1.82, 2.24) is 10.7 Å². The van der Waals surface area contributed by atoms with Gasteiger partial charge in [-0.05, 0) is 75.3 Å². The third-order valence-electron chi connectivity index (χ3n) is 6.13. The lowest BCUT2D eigenvalue weighted by Crippen LogP contribution is -2.50. The Labute approximate surface area is 136 Å². The van der Waals surface area contributed by atoms with Gasteiger partial charge in [0, 0.05) is 11.1 Å². The van der Waals surface area contributed by atoms with Gasteiger partial charge < -0.3 is 9.73 Å². The smallest absolute Gasteiger partial charge is 0.335 e. The molecular weight excluding hydrogens is 290 g/mol. The van der Waals surface area contributed by atoms with Gasteiger partial charge in [0.05, 0.1) is 12.8 Å². The van der Waals surface area contributed by atoms with Crippen molar-refractivity contribution in [3.8, 4) is 0 Å². The Balaban J connectivity index is 1.36. The van der Waals surface area contributed by atoms with E-state index in [1.54, 1.807) is 6.26 Å². The number of nitrogens with zero attached hydrogens (tertiary/aromatic N) is 1. The van der Waals surface area contributed by atoms with Gasteiger partial charge >= 0.3 is 6.03 Å². The number of rotatable bonds is 4. The fraction of sp³-hybridized carbons (Fsp3) is 0.667. The molecule has 2 amide bonds. The maximum Gasteiger partial charge on any atom is 0.335 e. The zero-order chi connectivity index (χ0) is 15.9. The zero-order valence-electron chi connectivity index (χ0n) is 13.7. The van der Waals surface area contributed by atoms with Gasteiger partial charge in [-0.2, -0.15) is 5.10 Å². The van der Waals surface area contributed by atoms with Crippen LogP contribution in [-0.2, 0) is 6.54 Å². The first-order valence-corrected chi connectivity index (χ1v) is 8.74. The maximum atomic E-state index is 11.9. The third-order valence-corrected chi connectivity index (χ3v) is 6.13. The highest BCUT2D eigenvalue weighted by molar-refractivity contribution is 5.89. The highest BCUT2D eigenvalue weighted by Gasteiger charge is 2.52. The van der Waals surface area contributed by atoms with E-state index in [1.165, 1.54) is 38.5 Å². The summed E-state index contributed by atoms with van der Waals surface area (Å²) in [6.07, 6.45) is 9.67. The van der Waals surface area contributed by atoms with Crippen LogP contribution in [0.25, 0.3) is 0 Å². The molecule has 0 unspecified atom stereocenters. The highest BCUT2D eigenvalue weighted by Crippen LogP contribution is 2.60. The van der Waals surface area contributed by atoms with Gasteiger partial charge in [-0.25, -0.2) is 10.2 Å². The fourth-order valence-electron chi connectivity index (χ4n) is 5.43. The summed E-state index contributed by atoms with van der Waals surface area (Å²) in [5, 5.41) is 7.20. The van der Waals surface area contributed by atoms with Gasteiger partial charge in [-0.15, -0.1) is 0 Å². The van der Waals surface area contributed by atoms with Crippen molar-refractivity contribution < 1.29 is 9.21 Å². The first-order valence-electron chi connectivity index (χ1n) is 8.74. The molecule has 0 aliphatic heterocycles. The lowest BCUT2D eigenvalue weighted by molar-refractivity contribution is -0.0128. The summed E-state index contributed by atoms with van der Waals surface area (Å²) in [7, 11) is 0. The first kappa shape index (κ1) is 14.8. The summed E-state index contributed by atoms with van der Waals surface area (Å²) in [6.45, 7) is 2.48. The Bertz CT molecular complexity index is 571. The molecule has 0 aromatic carbocycles.